The molecule has 3 aromatic carbocycles. The predicted molar refractivity (Wildman–Crippen MR) is 137 cm³/mol. The number of benzene rings is 3. The number of aromatic nitrogens is 2. The van der Waals surface area contributed by atoms with Gasteiger partial charge in [-0.25, -0.2) is 4.98 Å². The molecule has 0 fully saturated rings. The molecule has 1 aliphatic rings. The Hall–Kier alpha value is -3.02. The van der Waals surface area contributed by atoms with Crippen LogP contribution in [0.2, 0.25) is 5.02 Å². The van der Waals surface area contributed by atoms with Crippen LogP contribution in [0.25, 0.3) is 16.9 Å². The van der Waals surface area contributed by atoms with E-state index in [0.29, 0.717) is 10.8 Å². The Kier molecular flexibility index (Phi) is 6.25. The quantitative estimate of drug-likeness (QED) is 0.307. The van der Waals surface area contributed by atoms with Crippen molar-refractivity contribution in [3.05, 3.63) is 95.1 Å². The Bertz CT molecular complexity index is 1280. The highest BCUT2D eigenvalue weighted by molar-refractivity contribution is 7.99. The van der Waals surface area contributed by atoms with E-state index < -0.39 is 0 Å². The van der Waals surface area contributed by atoms with Crippen LogP contribution in [0.1, 0.15) is 17.5 Å². The number of aryl methyl sites for hydroxylation is 2. The Balaban J connectivity index is 1.42. The molecule has 5 rings (SSSR count). The van der Waals surface area contributed by atoms with E-state index in [2.05, 4.69) is 41.8 Å². The topological polar surface area (TPSA) is 38.1 Å². The summed E-state index contributed by atoms with van der Waals surface area (Å²) in [4.78, 5) is 20.0. The molecule has 0 aliphatic carbocycles. The molecule has 166 valence electrons. The molecule has 4 nitrogen and oxygen atoms in total. The minimum atomic E-state index is 0.110. The van der Waals surface area contributed by atoms with Crippen LogP contribution < -0.4 is 4.90 Å². The number of fused-ring (bicyclic) bond motifs is 1. The molecule has 0 radical (unpaired) electrons. The fourth-order valence-corrected chi connectivity index (χ4v) is 5.11. The first-order valence-electron chi connectivity index (χ1n) is 11.0. The highest BCUT2D eigenvalue weighted by atomic mass is 35.5. The van der Waals surface area contributed by atoms with Crippen LogP contribution in [-0.2, 0) is 11.2 Å². The summed E-state index contributed by atoms with van der Waals surface area (Å²) in [6.45, 7) is 2.83. The largest absolute Gasteiger partial charge is 0.311 e. The zero-order chi connectivity index (χ0) is 22.8. The number of imidazole rings is 1. The van der Waals surface area contributed by atoms with Crippen LogP contribution >= 0.6 is 23.4 Å². The van der Waals surface area contributed by atoms with Crippen molar-refractivity contribution in [2.75, 3.05) is 17.2 Å². The van der Waals surface area contributed by atoms with Crippen LogP contribution in [0, 0.1) is 6.92 Å². The number of amides is 1. The van der Waals surface area contributed by atoms with Crippen molar-refractivity contribution in [1.82, 2.24) is 9.55 Å². The number of thioether (sulfide) groups is 1. The number of carbonyl (C=O) groups is 1. The molecule has 0 saturated carbocycles. The van der Waals surface area contributed by atoms with Gasteiger partial charge in [0.2, 0.25) is 5.91 Å². The maximum absolute atomic E-state index is 13.2. The fourth-order valence-electron chi connectivity index (χ4n) is 4.11. The standard InChI is InChI=1S/C27H24ClN3OS/c1-19-8-14-23(15-9-19)31-17-24(20-10-12-22(28)13-11-20)29-27(31)33-18-26(32)30-16-4-6-21-5-2-3-7-25(21)30/h2-3,5,7-15,17H,4,6,16,18H2,1H3. The summed E-state index contributed by atoms with van der Waals surface area (Å²) in [6, 6.07) is 24.2. The van der Waals surface area contributed by atoms with Gasteiger partial charge in [-0.2, -0.15) is 0 Å². The highest BCUT2D eigenvalue weighted by Crippen LogP contribution is 2.31. The monoisotopic (exact) mass is 473 g/mol. The van der Waals surface area contributed by atoms with E-state index in [4.69, 9.17) is 16.6 Å². The Labute approximate surface area is 203 Å². The molecule has 6 heteroatoms. The zero-order valence-electron chi connectivity index (χ0n) is 18.4. The number of anilines is 1. The van der Waals surface area contributed by atoms with Crippen molar-refractivity contribution in [2.45, 2.75) is 24.9 Å². The summed E-state index contributed by atoms with van der Waals surface area (Å²) in [5, 5.41) is 1.49. The van der Waals surface area contributed by atoms with Crippen molar-refractivity contribution in [1.29, 1.82) is 0 Å². The first-order chi connectivity index (χ1) is 16.1. The highest BCUT2D eigenvalue weighted by Gasteiger charge is 2.23. The Morgan fingerprint density at radius 1 is 1.03 bits per heavy atom. The number of nitrogens with zero attached hydrogens (tertiary/aromatic N) is 3. The van der Waals surface area contributed by atoms with Gasteiger partial charge in [0.05, 0.1) is 11.4 Å². The molecular weight excluding hydrogens is 450 g/mol. The first-order valence-corrected chi connectivity index (χ1v) is 12.4. The molecule has 0 saturated heterocycles. The summed E-state index contributed by atoms with van der Waals surface area (Å²) in [5.74, 6) is 0.440. The summed E-state index contributed by atoms with van der Waals surface area (Å²) in [7, 11) is 0. The van der Waals surface area contributed by atoms with E-state index in [9.17, 15) is 4.79 Å². The van der Waals surface area contributed by atoms with Gasteiger partial charge in [-0.1, -0.05) is 71.4 Å². The van der Waals surface area contributed by atoms with Crippen LogP contribution in [0.3, 0.4) is 0 Å². The molecule has 1 aromatic heterocycles. The molecule has 4 aromatic rings. The summed E-state index contributed by atoms with van der Waals surface area (Å²) >= 11 is 7.54. The zero-order valence-corrected chi connectivity index (χ0v) is 19.9. The maximum atomic E-state index is 13.2. The third-order valence-electron chi connectivity index (χ3n) is 5.86. The van der Waals surface area contributed by atoms with Gasteiger partial charge < -0.3 is 4.90 Å². The van der Waals surface area contributed by atoms with Gasteiger partial charge in [-0.15, -0.1) is 0 Å². The smallest absolute Gasteiger partial charge is 0.237 e. The maximum Gasteiger partial charge on any atom is 0.237 e. The van der Waals surface area contributed by atoms with Gasteiger partial charge in [0.1, 0.15) is 0 Å². The third kappa shape index (κ3) is 4.70. The molecular formula is C27H24ClN3OS. The predicted octanol–water partition coefficient (Wildman–Crippen LogP) is 6.57. The van der Waals surface area contributed by atoms with E-state index in [0.717, 1.165) is 47.2 Å². The van der Waals surface area contributed by atoms with E-state index in [1.807, 2.05) is 53.6 Å². The van der Waals surface area contributed by atoms with Crippen molar-refractivity contribution >= 4 is 35.0 Å². The average molecular weight is 474 g/mol. The van der Waals surface area contributed by atoms with Gasteiger partial charge in [0, 0.05) is 34.7 Å². The summed E-state index contributed by atoms with van der Waals surface area (Å²) in [5.41, 5.74) is 6.34. The van der Waals surface area contributed by atoms with E-state index in [-0.39, 0.29) is 5.91 Å². The van der Waals surface area contributed by atoms with Crippen LogP contribution in [0.5, 0.6) is 0 Å². The second-order valence-corrected chi connectivity index (χ2v) is 9.57. The third-order valence-corrected chi connectivity index (χ3v) is 7.05. The SMILES string of the molecule is Cc1ccc(-n2cc(-c3ccc(Cl)cc3)nc2SCC(=O)N2CCCc3ccccc32)cc1. The minimum Gasteiger partial charge on any atom is -0.311 e. The molecule has 0 N–H and O–H groups in total. The second kappa shape index (κ2) is 9.46. The lowest BCUT2D eigenvalue weighted by atomic mass is 10.0. The molecule has 0 unspecified atom stereocenters. The summed E-state index contributed by atoms with van der Waals surface area (Å²) < 4.78 is 2.06. The lowest BCUT2D eigenvalue weighted by Gasteiger charge is -2.29. The van der Waals surface area contributed by atoms with Crippen LogP contribution in [0.15, 0.2) is 84.1 Å². The molecule has 1 amide bonds. The van der Waals surface area contributed by atoms with Crippen LogP contribution in [0.4, 0.5) is 5.69 Å². The first kappa shape index (κ1) is 21.8. The number of halogens is 1. The van der Waals surface area contributed by atoms with Crippen molar-refractivity contribution in [2.24, 2.45) is 0 Å². The molecule has 33 heavy (non-hydrogen) atoms. The molecule has 0 atom stereocenters. The van der Waals surface area contributed by atoms with Gasteiger partial charge in [0.15, 0.2) is 5.16 Å². The van der Waals surface area contributed by atoms with Gasteiger partial charge in [-0.3, -0.25) is 9.36 Å². The molecule has 2 heterocycles. The van der Waals surface area contributed by atoms with E-state index in [1.54, 1.807) is 0 Å². The van der Waals surface area contributed by atoms with Gasteiger partial charge >= 0.3 is 0 Å². The molecule has 1 aliphatic heterocycles. The van der Waals surface area contributed by atoms with E-state index >= 15 is 0 Å². The lowest BCUT2D eigenvalue weighted by molar-refractivity contribution is -0.116. The van der Waals surface area contributed by atoms with Gasteiger partial charge in [0.25, 0.3) is 0 Å². The number of carbonyl (C=O) groups excluding carboxylic acids is 1. The number of rotatable bonds is 5. The minimum absolute atomic E-state index is 0.110. The Morgan fingerprint density at radius 2 is 1.79 bits per heavy atom. The van der Waals surface area contributed by atoms with Crippen molar-refractivity contribution < 1.29 is 4.79 Å². The molecule has 0 bridgehead atoms. The second-order valence-electron chi connectivity index (χ2n) is 8.19. The molecule has 0 spiro atoms. The van der Waals surface area contributed by atoms with Crippen molar-refractivity contribution in [3.8, 4) is 16.9 Å². The summed E-state index contributed by atoms with van der Waals surface area (Å²) in [6.07, 6.45) is 4.04. The number of hydrogen-bond donors (Lipinski definition) is 0. The van der Waals surface area contributed by atoms with Gasteiger partial charge in [-0.05, 0) is 55.7 Å². The Morgan fingerprint density at radius 3 is 2.58 bits per heavy atom. The number of para-hydroxylation sites is 1. The van der Waals surface area contributed by atoms with Crippen LogP contribution in [-0.4, -0.2) is 27.8 Å². The lowest BCUT2D eigenvalue weighted by Crippen LogP contribution is -2.36. The normalized spacial score (nSPS) is 13.1. The van der Waals surface area contributed by atoms with E-state index in [1.165, 1.54) is 22.9 Å². The average Bonchev–Trinajstić information content (AvgIpc) is 3.27. The fraction of sp³-hybridized carbons (Fsp3) is 0.185. The number of hydrogen-bond acceptors (Lipinski definition) is 3. The van der Waals surface area contributed by atoms with Crippen molar-refractivity contribution in [3.63, 3.8) is 0 Å².